The first-order valence-corrected chi connectivity index (χ1v) is 16.4. The van der Waals surface area contributed by atoms with E-state index in [-0.39, 0.29) is 42.4 Å². The minimum atomic E-state index is -0.947. The molecule has 1 fully saturated rings. The molecule has 0 bridgehead atoms. The van der Waals surface area contributed by atoms with Crippen molar-refractivity contribution in [1.82, 2.24) is 20.9 Å². The van der Waals surface area contributed by atoms with Crippen LogP contribution in [0.1, 0.15) is 73.3 Å². The minimum absolute atomic E-state index is 0.00309. The van der Waals surface area contributed by atoms with Crippen molar-refractivity contribution >= 4 is 58.3 Å². The number of amides is 5. The van der Waals surface area contributed by atoms with Gasteiger partial charge in [-0.1, -0.05) is 60.6 Å². The normalized spacial score (nSPS) is 14.5. The summed E-state index contributed by atoms with van der Waals surface area (Å²) in [6.45, 7) is 13.1. The second-order valence-corrected chi connectivity index (χ2v) is 12.5. The Morgan fingerprint density at radius 2 is 1.55 bits per heavy atom. The van der Waals surface area contributed by atoms with Crippen LogP contribution in [0.2, 0.25) is 0 Å². The molecule has 1 aromatic rings. The van der Waals surface area contributed by atoms with Gasteiger partial charge < -0.3 is 32.7 Å². The number of hydrogen-bond donors (Lipinski definition) is 6. The predicted molar refractivity (Wildman–Crippen MR) is 188 cm³/mol. The second kappa shape index (κ2) is 22.6. The molecule has 2 unspecified atom stereocenters. The van der Waals surface area contributed by atoms with E-state index in [4.69, 9.17) is 5.73 Å². The van der Waals surface area contributed by atoms with Crippen molar-refractivity contribution < 1.29 is 28.8 Å². The van der Waals surface area contributed by atoms with Gasteiger partial charge in [0.25, 0.3) is 0 Å². The number of nitrogens with one attached hydrogen (secondary N) is 4. The van der Waals surface area contributed by atoms with Gasteiger partial charge in [0.05, 0.1) is 6.54 Å². The molecule has 2 atom stereocenters. The third-order valence-electron chi connectivity index (χ3n) is 7.17. The molecule has 1 aliphatic rings. The standard InChI is InChI=1S/C28H40N4O6.C4H10N2S.CH5N/c1-16(2)21-13-25(36)32(28(21)38)15-24(35)31-26(18(5)6)27(37)29-14-23(34)30-20-10-7-19(8-11-20)9-12-22(33)17(3)4;1-2-3-6-4(5)7;1-2/h7-8,10-11,16-18,21,26H,9,12-15H2,1-6H3,(H,29,37)(H,30,34)(H,31,35);2-3H2,1H3,(H3,5,6,7);2H2,1H3. The van der Waals surface area contributed by atoms with Crippen molar-refractivity contribution in [2.24, 2.45) is 35.1 Å². The number of nitrogens with two attached hydrogens (primary N) is 2. The van der Waals surface area contributed by atoms with Crippen LogP contribution in [0, 0.1) is 23.7 Å². The number of rotatable bonds is 15. The summed E-state index contributed by atoms with van der Waals surface area (Å²) >= 11 is 4.53. The van der Waals surface area contributed by atoms with Gasteiger partial charge in [-0.25, -0.2) is 0 Å². The van der Waals surface area contributed by atoms with E-state index >= 15 is 0 Å². The number of imide groups is 1. The third-order valence-corrected chi connectivity index (χ3v) is 7.31. The highest BCUT2D eigenvalue weighted by molar-refractivity contribution is 7.80. The molecular weight excluding hydrogens is 622 g/mol. The van der Waals surface area contributed by atoms with E-state index in [0.29, 0.717) is 23.6 Å². The molecule has 1 saturated heterocycles. The molecule has 264 valence electrons. The zero-order valence-electron chi connectivity index (χ0n) is 29.1. The fourth-order valence-corrected chi connectivity index (χ4v) is 4.44. The van der Waals surface area contributed by atoms with Crippen LogP contribution in [0.3, 0.4) is 0 Å². The van der Waals surface area contributed by atoms with Crippen LogP contribution >= 0.6 is 12.2 Å². The highest BCUT2D eigenvalue weighted by atomic mass is 32.1. The summed E-state index contributed by atoms with van der Waals surface area (Å²) in [5.41, 5.74) is 11.1. The van der Waals surface area contributed by atoms with Crippen molar-refractivity contribution in [2.45, 2.75) is 80.2 Å². The lowest BCUT2D eigenvalue weighted by Crippen LogP contribution is -2.53. The molecule has 47 heavy (non-hydrogen) atoms. The lowest BCUT2D eigenvalue weighted by molar-refractivity contribution is -0.144. The second-order valence-electron chi connectivity index (χ2n) is 12.0. The molecule has 2 rings (SSSR count). The maximum absolute atomic E-state index is 12.7. The molecule has 0 saturated carbocycles. The zero-order chi connectivity index (χ0) is 36.3. The summed E-state index contributed by atoms with van der Waals surface area (Å²) < 4.78 is 0. The van der Waals surface area contributed by atoms with Crippen LogP contribution < -0.4 is 32.7 Å². The molecule has 0 spiro atoms. The van der Waals surface area contributed by atoms with E-state index in [2.05, 4.69) is 46.1 Å². The first kappa shape index (κ1) is 43.1. The summed E-state index contributed by atoms with van der Waals surface area (Å²) in [7, 11) is 1.50. The Bertz CT molecular complexity index is 1200. The van der Waals surface area contributed by atoms with Crippen molar-refractivity contribution in [2.75, 3.05) is 32.0 Å². The number of carbonyl (C=O) groups is 6. The molecule has 0 aliphatic carbocycles. The molecule has 5 amide bonds. The molecule has 1 aromatic carbocycles. The van der Waals surface area contributed by atoms with Gasteiger partial charge in [-0.2, -0.15) is 0 Å². The molecule has 1 heterocycles. The lowest BCUT2D eigenvalue weighted by Gasteiger charge is -2.23. The first-order chi connectivity index (χ1) is 22.1. The number of thiocarbonyl (C=S) groups is 1. The summed E-state index contributed by atoms with van der Waals surface area (Å²) in [6, 6.07) is 6.20. The molecule has 14 heteroatoms. The average Bonchev–Trinajstić information content (AvgIpc) is 3.30. The summed E-state index contributed by atoms with van der Waals surface area (Å²) in [5, 5.41) is 11.0. The number of anilines is 1. The average molecular weight is 678 g/mol. The van der Waals surface area contributed by atoms with Crippen LogP contribution in [0.15, 0.2) is 24.3 Å². The zero-order valence-corrected chi connectivity index (χ0v) is 29.9. The maximum atomic E-state index is 12.7. The molecule has 8 N–H and O–H groups in total. The van der Waals surface area contributed by atoms with Gasteiger partial charge in [-0.3, -0.25) is 33.7 Å². The number of Topliss-reactive ketones (excluding diaryl/α,β-unsaturated/α-hetero) is 1. The van der Waals surface area contributed by atoms with Crippen LogP contribution in [0.5, 0.6) is 0 Å². The van der Waals surface area contributed by atoms with Crippen molar-refractivity contribution in [3.63, 3.8) is 0 Å². The molecule has 0 radical (unpaired) electrons. The SMILES string of the molecule is CC(C)C(=O)CCc1ccc(NC(=O)CNC(=O)C(NC(=O)CN2C(=O)CC(C(C)C)C2=O)C(C)C)cc1.CCCNC(N)=S.CN. The Balaban J connectivity index is 0.00000207. The Hall–Kier alpha value is -3.91. The van der Waals surface area contributed by atoms with Gasteiger partial charge in [0, 0.05) is 36.9 Å². The smallest absolute Gasteiger partial charge is 0.243 e. The predicted octanol–water partition coefficient (Wildman–Crippen LogP) is 1.88. The Labute approximate surface area is 284 Å². The quantitative estimate of drug-likeness (QED) is 0.117. The van der Waals surface area contributed by atoms with E-state index in [9.17, 15) is 28.8 Å². The van der Waals surface area contributed by atoms with E-state index < -0.39 is 42.1 Å². The third kappa shape index (κ3) is 16.5. The lowest BCUT2D eigenvalue weighted by atomic mass is 9.94. The number of ketones is 1. The van der Waals surface area contributed by atoms with Crippen LogP contribution in [0.25, 0.3) is 0 Å². The monoisotopic (exact) mass is 677 g/mol. The number of nitrogens with zero attached hydrogens (tertiary/aromatic N) is 1. The van der Waals surface area contributed by atoms with Gasteiger partial charge in [0.2, 0.25) is 29.5 Å². The molecule has 0 aromatic heterocycles. The van der Waals surface area contributed by atoms with Crippen LogP contribution in [0.4, 0.5) is 5.69 Å². The highest BCUT2D eigenvalue weighted by Gasteiger charge is 2.41. The van der Waals surface area contributed by atoms with E-state index in [1.807, 2.05) is 39.8 Å². The first-order valence-electron chi connectivity index (χ1n) is 16.0. The van der Waals surface area contributed by atoms with Crippen molar-refractivity contribution in [1.29, 1.82) is 0 Å². The van der Waals surface area contributed by atoms with E-state index in [1.54, 1.807) is 26.0 Å². The Morgan fingerprint density at radius 3 is 2.00 bits per heavy atom. The summed E-state index contributed by atoms with van der Waals surface area (Å²) in [6.07, 6.45) is 2.24. The summed E-state index contributed by atoms with van der Waals surface area (Å²) in [4.78, 5) is 75.1. The van der Waals surface area contributed by atoms with Gasteiger partial charge in [0.15, 0.2) is 5.11 Å². The van der Waals surface area contributed by atoms with Gasteiger partial charge >= 0.3 is 0 Å². The molecule has 1 aliphatic heterocycles. The number of hydrogen-bond acceptors (Lipinski definition) is 8. The summed E-state index contributed by atoms with van der Waals surface area (Å²) in [5.74, 6) is -2.94. The van der Waals surface area contributed by atoms with E-state index in [1.165, 1.54) is 7.05 Å². The topological polar surface area (TPSA) is 206 Å². The van der Waals surface area contributed by atoms with Gasteiger partial charge in [-0.05, 0) is 61.6 Å². The largest absolute Gasteiger partial charge is 0.376 e. The van der Waals surface area contributed by atoms with Crippen molar-refractivity contribution in [3.8, 4) is 0 Å². The van der Waals surface area contributed by atoms with Crippen molar-refractivity contribution in [3.05, 3.63) is 29.8 Å². The number of benzene rings is 1. The van der Waals surface area contributed by atoms with Gasteiger partial charge in [-0.15, -0.1) is 0 Å². The van der Waals surface area contributed by atoms with Crippen LogP contribution in [-0.4, -0.2) is 78.1 Å². The Morgan fingerprint density at radius 1 is 0.957 bits per heavy atom. The minimum Gasteiger partial charge on any atom is -0.376 e. The number of carbonyl (C=O) groups excluding carboxylic acids is 6. The number of likely N-dealkylation sites (tertiary alicyclic amines) is 1. The molecule has 13 nitrogen and oxygen atoms in total. The fourth-order valence-electron chi connectivity index (χ4n) is 4.33. The Kier molecular flexibility index (Phi) is 20.7. The van der Waals surface area contributed by atoms with E-state index in [0.717, 1.165) is 23.4 Å². The molecular formula is C33H55N7O6S. The van der Waals surface area contributed by atoms with Gasteiger partial charge in [0.1, 0.15) is 18.4 Å². The number of aryl methyl sites for hydroxylation is 1. The maximum Gasteiger partial charge on any atom is 0.243 e. The highest BCUT2D eigenvalue weighted by Crippen LogP contribution is 2.26. The van der Waals surface area contributed by atoms with Crippen LogP contribution in [-0.2, 0) is 35.2 Å². The fraction of sp³-hybridized carbons (Fsp3) is 0.606.